The van der Waals surface area contributed by atoms with Crippen LogP contribution in [0.1, 0.15) is 11.1 Å². The Balaban J connectivity index is 2.00. The van der Waals surface area contributed by atoms with Crippen LogP contribution in [0, 0.1) is 0 Å². The van der Waals surface area contributed by atoms with Gasteiger partial charge in [0.1, 0.15) is 6.61 Å². The van der Waals surface area contributed by atoms with Gasteiger partial charge in [-0.25, -0.2) is 0 Å². The third-order valence-corrected chi connectivity index (χ3v) is 3.45. The average Bonchev–Trinajstić information content (AvgIpc) is 2.65. The van der Waals surface area contributed by atoms with Gasteiger partial charge in [0, 0.05) is 6.54 Å². The highest BCUT2D eigenvalue weighted by atomic mass is 32.1. The fourth-order valence-corrected chi connectivity index (χ4v) is 2.13. The third kappa shape index (κ3) is 6.27. The number of nitrogens with zero attached hydrogens (tertiary/aromatic N) is 1. The minimum Gasteiger partial charge on any atom is -0.493 e. The lowest BCUT2D eigenvalue weighted by Crippen LogP contribution is -2.31. The van der Waals surface area contributed by atoms with E-state index in [2.05, 4.69) is 22.4 Å². The maximum absolute atomic E-state index is 5.88. The van der Waals surface area contributed by atoms with E-state index in [0.29, 0.717) is 29.8 Å². The van der Waals surface area contributed by atoms with Crippen LogP contribution < -0.4 is 20.2 Å². The summed E-state index contributed by atoms with van der Waals surface area (Å²) in [6.07, 6.45) is 3.38. The molecule has 0 unspecified atom stereocenters. The molecule has 0 heterocycles. The highest BCUT2D eigenvalue weighted by Crippen LogP contribution is 2.28. The predicted molar refractivity (Wildman–Crippen MR) is 105 cm³/mol. The van der Waals surface area contributed by atoms with Crippen LogP contribution in [0.25, 0.3) is 0 Å². The molecule has 0 aliphatic heterocycles. The van der Waals surface area contributed by atoms with Crippen molar-refractivity contribution in [2.75, 3.05) is 13.7 Å². The topological polar surface area (TPSA) is 54.9 Å². The molecule has 2 aromatic carbocycles. The van der Waals surface area contributed by atoms with E-state index >= 15 is 0 Å². The molecule has 0 saturated carbocycles. The smallest absolute Gasteiger partial charge is 0.187 e. The maximum atomic E-state index is 5.88. The van der Waals surface area contributed by atoms with Crippen molar-refractivity contribution >= 4 is 23.5 Å². The fraction of sp³-hybridized carbons (Fsp3) is 0.158. The third-order valence-electron chi connectivity index (χ3n) is 3.21. The number of benzene rings is 2. The van der Waals surface area contributed by atoms with Gasteiger partial charge in [0.15, 0.2) is 16.6 Å². The van der Waals surface area contributed by atoms with Gasteiger partial charge in [-0.2, -0.15) is 5.10 Å². The molecule has 6 heteroatoms. The van der Waals surface area contributed by atoms with Crippen molar-refractivity contribution in [1.29, 1.82) is 0 Å². The predicted octanol–water partition coefficient (Wildman–Crippen LogP) is 3.26. The molecule has 0 aliphatic rings. The Kier molecular flexibility index (Phi) is 7.46. The van der Waals surface area contributed by atoms with Crippen LogP contribution in [0.15, 0.2) is 66.3 Å². The maximum Gasteiger partial charge on any atom is 0.187 e. The second-order valence-corrected chi connectivity index (χ2v) is 5.46. The fourth-order valence-electron chi connectivity index (χ4n) is 1.99. The second kappa shape index (κ2) is 10.1. The average molecular weight is 355 g/mol. The molecule has 2 rings (SSSR count). The summed E-state index contributed by atoms with van der Waals surface area (Å²) in [4.78, 5) is 0. The lowest BCUT2D eigenvalue weighted by Gasteiger charge is -2.11. The first-order valence-electron chi connectivity index (χ1n) is 7.75. The van der Waals surface area contributed by atoms with Gasteiger partial charge in [-0.3, -0.25) is 5.43 Å². The Morgan fingerprint density at radius 1 is 1.20 bits per heavy atom. The Morgan fingerprint density at radius 2 is 2.00 bits per heavy atom. The number of hydrazone groups is 1. The number of methoxy groups -OCH3 is 1. The van der Waals surface area contributed by atoms with Gasteiger partial charge in [-0.15, -0.1) is 6.58 Å². The van der Waals surface area contributed by atoms with Gasteiger partial charge in [-0.05, 0) is 41.5 Å². The molecular weight excluding hydrogens is 334 g/mol. The summed E-state index contributed by atoms with van der Waals surface area (Å²) in [5, 5.41) is 7.47. The van der Waals surface area contributed by atoms with Crippen LogP contribution in [-0.2, 0) is 6.61 Å². The van der Waals surface area contributed by atoms with Crippen LogP contribution in [0.5, 0.6) is 11.5 Å². The van der Waals surface area contributed by atoms with E-state index in [1.807, 2.05) is 48.5 Å². The van der Waals surface area contributed by atoms with Crippen molar-refractivity contribution in [2.24, 2.45) is 5.10 Å². The first kappa shape index (κ1) is 18.5. The van der Waals surface area contributed by atoms with E-state index < -0.39 is 0 Å². The molecule has 0 saturated heterocycles. The van der Waals surface area contributed by atoms with Crippen molar-refractivity contribution < 1.29 is 9.47 Å². The summed E-state index contributed by atoms with van der Waals surface area (Å²) in [6, 6.07) is 15.6. The molecule has 0 aromatic heterocycles. The lowest BCUT2D eigenvalue weighted by molar-refractivity contribution is 0.284. The number of nitrogens with one attached hydrogen (secondary N) is 2. The summed E-state index contributed by atoms with van der Waals surface area (Å²) < 4.78 is 11.2. The van der Waals surface area contributed by atoms with Crippen LogP contribution in [0.4, 0.5) is 0 Å². The van der Waals surface area contributed by atoms with E-state index in [1.165, 1.54) is 0 Å². The molecule has 0 atom stereocenters. The molecule has 5 nitrogen and oxygen atoms in total. The minimum absolute atomic E-state index is 0.435. The molecule has 0 fully saturated rings. The monoisotopic (exact) mass is 355 g/mol. The van der Waals surface area contributed by atoms with Crippen LogP contribution in [0.2, 0.25) is 0 Å². The number of thiocarbonyl (C=S) groups is 1. The molecule has 0 amide bonds. The SMILES string of the molecule is C=CCNC(=S)N/N=C/c1ccc(OC)c(OCc2ccccc2)c1. The highest BCUT2D eigenvalue weighted by molar-refractivity contribution is 7.80. The first-order valence-corrected chi connectivity index (χ1v) is 8.16. The summed E-state index contributed by atoms with van der Waals surface area (Å²) >= 11 is 5.07. The molecule has 0 aliphatic carbocycles. The molecule has 2 N–H and O–H groups in total. The number of hydrogen-bond acceptors (Lipinski definition) is 4. The van der Waals surface area contributed by atoms with E-state index in [1.54, 1.807) is 19.4 Å². The Morgan fingerprint density at radius 3 is 2.72 bits per heavy atom. The molecule has 0 bridgehead atoms. The van der Waals surface area contributed by atoms with Gasteiger partial charge >= 0.3 is 0 Å². The van der Waals surface area contributed by atoms with Crippen molar-refractivity contribution in [3.05, 3.63) is 72.3 Å². The number of ether oxygens (including phenoxy) is 2. The first-order chi connectivity index (χ1) is 12.2. The molecule has 0 radical (unpaired) electrons. The van der Waals surface area contributed by atoms with Crippen LogP contribution in [0.3, 0.4) is 0 Å². The quantitative estimate of drug-likeness (QED) is 0.329. The minimum atomic E-state index is 0.435. The molecule has 2 aromatic rings. The summed E-state index contributed by atoms with van der Waals surface area (Å²) in [5.74, 6) is 1.33. The largest absolute Gasteiger partial charge is 0.493 e. The summed E-state index contributed by atoms with van der Waals surface area (Å²) in [5.41, 5.74) is 4.69. The van der Waals surface area contributed by atoms with Crippen molar-refractivity contribution in [1.82, 2.24) is 10.7 Å². The Bertz CT molecular complexity index is 733. The molecule has 130 valence electrons. The van der Waals surface area contributed by atoms with E-state index in [4.69, 9.17) is 21.7 Å². The standard InChI is InChI=1S/C19H21N3O2S/c1-3-11-20-19(25)22-21-13-16-9-10-17(23-2)18(12-16)24-14-15-7-5-4-6-8-15/h3-10,12-13H,1,11,14H2,2H3,(H2,20,22,25)/b21-13+. The zero-order chi connectivity index (χ0) is 17.9. The van der Waals surface area contributed by atoms with Crippen molar-refractivity contribution in [3.8, 4) is 11.5 Å². The Hall–Kier alpha value is -2.86. The zero-order valence-electron chi connectivity index (χ0n) is 14.1. The molecule has 0 spiro atoms. The molecular formula is C19H21N3O2S. The van der Waals surface area contributed by atoms with Gasteiger partial charge in [0.25, 0.3) is 0 Å². The van der Waals surface area contributed by atoms with Gasteiger partial charge in [0.2, 0.25) is 0 Å². The van der Waals surface area contributed by atoms with Crippen LogP contribution >= 0.6 is 12.2 Å². The van der Waals surface area contributed by atoms with Gasteiger partial charge in [0.05, 0.1) is 13.3 Å². The highest BCUT2D eigenvalue weighted by Gasteiger charge is 2.05. The summed E-state index contributed by atoms with van der Waals surface area (Å²) in [7, 11) is 1.61. The van der Waals surface area contributed by atoms with Crippen molar-refractivity contribution in [2.45, 2.75) is 6.61 Å². The molecule has 25 heavy (non-hydrogen) atoms. The van der Waals surface area contributed by atoms with Gasteiger partial charge in [-0.1, -0.05) is 36.4 Å². The van der Waals surface area contributed by atoms with E-state index in [-0.39, 0.29) is 0 Å². The van der Waals surface area contributed by atoms with Crippen molar-refractivity contribution in [3.63, 3.8) is 0 Å². The number of rotatable bonds is 8. The second-order valence-electron chi connectivity index (χ2n) is 5.05. The van der Waals surface area contributed by atoms with E-state index in [9.17, 15) is 0 Å². The summed E-state index contributed by atoms with van der Waals surface area (Å²) in [6.45, 7) is 4.66. The number of hydrogen-bond donors (Lipinski definition) is 2. The van der Waals surface area contributed by atoms with Crippen LogP contribution in [-0.4, -0.2) is 25.0 Å². The normalized spacial score (nSPS) is 10.3. The van der Waals surface area contributed by atoms with E-state index in [0.717, 1.165) is 11.1 Å². The van der Waals surface area contributed by atoms with Gasteiger partial charge < -0.3 is 14.8 Å². The Labute approximate surface area is 153 Å². The zero-order valence-corrected chi connectivity index (χ0v) is 14.9. The lowest BCUT2D eigenvalue weighted by atomic mass is 10.2.